The van der Waals surface area contributed by atoms with Gasteiger partial charge < -0.3 is 10.4 Å². The van der Waals surface area contributed by atoms with Crippen LogP contribution in [0.3, 0.4) is 0 Å². The molecule has 5 nitrogen and oxygen atoms in total. The molecule has 0 saturated heterocycles. The van der Waals surface area contributed by atoms with Gasteiger partial charge in [0, 0.05) is 13.1 Å². The van der Waals surface area contributed by atoms with Crippen LogP contribution in [0.15, 0.2) is 6.33 Å². The van der Waals surface area contributed by atoms with E-state index >= 15 is 0 Å². The summed E-state index contributed by atoms with van der Waals surface area (Å²) in [5.41, 5.74) is -0.534. The molecule has 1 saturated carbocycles. The third kappa shape index (κ3) is 4.01. The van der Waals surface area contributed by atoms with Crippen LogP contribution in [0.2, 0.25) is 0 Å². The number of hydrogen-bond acceptors (Lipinski definition) is 4. The van der Waals surface area contributed by atoms with E-state index in [4.69, 9.17) is 0 Å². The quantitative estimate of drug-likeness (QED) is 0.823. The van der Waals surface area contributed by atoms with Crippen LogP contribution in [0.5, 0.6) is 0 Å². The Morgan fingerprint density at radius 2 is 2.42 bits per heavy atom. The number of aromatic nitrogens is 3. The average Bonchev–Trinajstić information content (AvgIpc) is 2.77. The van der Waals surface area contributed by atoms with E-state index in [2.05, 4.69) is 29.2 Å². The molecule has 0 bridgehead atoms. The van der Waals surface area contributed by atoms with Gasteiger partial charge in [0.15, 0.2) is 0 Å². The Labute approximate surface area is 115 Å². The summed E-state index contributed by atoms with van der Waals surface area (Å²) in [4.78, 5) is 4.26. The zero-order valence-corrected chi connectivity index (χ0v) is 12.1. The zero-order chi connectivity index (χ0) is 13.7. The smallest absolute Gasteiger partial charge is 0.140 e. The average molecular weight is 266 g/mol. The topological polar surface area (TPSA) is 63.0 Å². The lowest BCUT2D eigenvalue weighted by atomic mass is 9.79. The minimum Gasteiger partial charge on any atom is -0.389 e. The fourth-order valence-electron chi connectivity index (χ4n) is 3.02. The Kier molecular flexibility index (Phi) is 4.93. The highest BCUT2D eigenvalue weighted by molar-refractivity contribution is 4.89. The second kappa shape index (κ2) is 6.48. The second-order valence-corrected chi connectivity index (χ2v) is 5.93. The molecule has 1 aromatic heterocycles. The second-order valence-electron chi connectivity index (χ2n) is 5.93. The van der Waals surface area contributed by atoms with E-state index in [9.17, 15) is 5.11 Å². The minimum atomic E-state index is -0.534. The Hall–Kier alpha value is -0.940. The summed E-state index contributed by atoms with van der Waals surface area (Å²) >= 11 is 0. The van der Waals surface area contributed by atoms with Gasteiger partial charge in [0.1, 0.15) is 12.2 Å². The van der Waals surface area contributed by atoms with Gasteiger partial charge in [-0.2, -0.15) is 5.10 Å². The number of rotatable bonds is 6. The van der Waals surface area contributed by atoms with Crippen LogP contribution in [-0.4, -0.2) is 32.0 Å². The summed E-state index contributed by atoms with van der Waals surface area (Å²) < 4.78 is 1.93. The first-order chi connectivity index (χ1) is 9.13. The first-order valence-electron chi connectivity index (χ1n) is 7.43. The van der Waals surface area contributed by atoms with Crippen molar-refractivity contribution in [2.75, 3.05) is 6.54 Å². The number of nitrogens with one attached hydrogen (secondary N) is 1. The van der Waals surface area contributed by atoms with E-state index in [0.29, 0.717) is 19.0 Å². The van der Waals surface area contributed by atoms with Gasteiger partial charge in [0.25, 0.3) is 0 Å². The van der Waals surface area contributed by atoms with E-state index in [0.717, 1.165) is 38.1 Å². The van der Waals surface area contributed by atoms with Gasteiger partial charge >= 0.3 is 0 Å². The van der Waals surface area contributed by atoms with Gasteiger partial charge in [-0.1, -0.05) is 26.7 Å². The Balaban J connectivity index is 1.80. The number of aryl methyl sites for hydroxylation is 1. The Morgan fingerprint density at radius 3 is 3.16 bits per heavy atom. The van der Waals surface area contributed by atoms with Crippen molar-refractivity contribution < 1.29 is 5.11 Å². The molecule has 1 aliphatic rings. The highest BCUT2D eigenvalue weighted by atomic mass is 16.3. The van der Waals surface area contributed by atoms with Crippen LogP contribution in [0, 0.1) is 5.92 Å². The van der Waals surface area contributed by atoms with Crippen LogP contribution in [-0.2, 0) is 13.1 Å². The summed E-state index contributed by atoms with van der Waals surface area (Å²) in [6.45, 7) is 6.58. The molecule has 0 aliphatic heterocycles. The van der Waals surface area contributed by atoms with Crippen LogP contribution in [0.1, 0.15) is 51.8 Å². The molecule has 0 radical (unpaired) electrons. The Morgan fingerprint density at radius 1 is 1.58 bits per heavy atom. The lowest BCUT2D eigenvalue weighted by Crippen LogP contribution is -2.44. The molecule has 1 fully saturated rings. The molecule has 1 aromatic rings. The molecule has 2 atom stereocenters. The summed E-state index contributed by atoms with van der Waals surface area (Å²) in [5, 5.41) is 18.1. The van der Waals surface area contributed by atoms with Crippen molar-refractivity contribution in [1.82, 2.24) is 20.1 Å². The minimum absolute atomic E-state index is 0.534. The van der Waals surface area contributed by atoms with E-state index < -0.39 is 5.60 Å². The van der Waals surface area contributed by atoms with Crippen molar-refractivity contribution in [3.8, 4) is 0 Å². The fourth-order valence-corrected chi connectivity index (χ4v) is 3.02. The normalized spacial score (nSPS) is 27.6. The first-order valence-corrected chi connectivity index (χ1v) is 7.43. The van der Waals surface area contributed by atoms with E-state index in [1.807, 2.05) is 4.68 Å². The lowest BCUT2D eigenvalue weighted by molar-refractivity contribution is -0.0120. The van der Waals surface area contributed by atoms with Crippen molar-refractivity contribution in [1.29, 1.82) is 0 Å². The van der Waals surface area contributed by atoms with Gasteiger partial charge in [0.05, 0.1) is 12.1 Å². The highest BCUT2D eigenvalue weighted by Gasteiger charge is 2.32. The molecule has 1 aliphatic carbocycles. The standard InChI is InChI=1S/C14H26N4O/c1-3-7-18-13(16-11-17-18)9-15-10-14(19)6-4-5-12(2)8-14/h11-12,15,19H,3-10H2,1-2H3. The van der Waals surface area contributed by atoms with Crippen molar-refractivity contribution in [3.05, 3.63) is 12.2 Å². The fraction of sp³-hybridized carbons (Fsp3) is 0.857. The largest absolute Gasteiger partial charge is 0.389 e. The molecule has 5 heteroatoms. The molecule has 2 N–H and O–H groups in total. The van der Waals surface area contributed by atoms with Gasteiger partial charge in [-0.25, -0.2) is 9.67 Å². The monoisotopic (exact) mass is 266 g/mol. The van der Waals surface area contributed by atoms with Gasteiger partial charge in [-0.15, -0.1) is 0 Å². The molecule has 108 valence electrons. The van der Waals surface area contributed by atoms with E-state index in [1.54, 1.807) is 6.33 Å². The van der Waals surface area contributed by atoms with Crippen LogP contribution >= 0.6 is 0 Å². The van der Waals surface area contributed by atoms with Crippen LogP contribution in [0.25, 0.3) is 0 Å². The molecular weight excluding hydrogens is 240 g/mol. The van der Waals surface area contributed by atoms with Crippen molar-refractivity contribution in [2.45, 2.75) is 64.6 Å². The maximum Gasteiger partial charge on any atom is 0.140 e. The molecule has 1 heterocycles. The predicted octanol–water partition coefficient (Wildman–Crippen LogP) is 1.72. The van der Waals surface area contributed by atoms with Gasteiger partial charge in [0.2, 0.25) is 0 Å². The zero-order valence-electron chi connectivity index (χ0n) is 12.1. The van der Waals surface area contributed by atoms with Crippen LogP contribution < -0.4 is 5.32 Å². The summed E-state index contributed by atoms with van der Waals surface area (Å²) in [7, 11) is 0. The van der Waals surface area contributed by atoms with E-state index in [-0.39, 0.29) is 0 Å². The maximum absolute atomic E-state index is 10.5. The number of aliphatic hydroxyl groups is 1. The van der Waals surface area contributed by atoms with Crippen molar-refractivity contribution in [2.24, 2.45) is 5.92 Å². The third-order valence-electron chi connectivity index (χ3n) is 3.94. The molecule has 0 amide bonds. The summed E-state index contributed by atoms with van der Waals surface area (Å²) in [5.74, 6) is 1.58. The molecule has 2 rings (SSSR count). The summed E-state index contributed by atoms with van der Waals surface area (Å²) in [6, 6.07) is 0. The highest BCUT2D eigenvalue weighted by Crippen LogP contribution is 2.31. The van der Waals surface area contributed by atoms with E-state index in [1.165, 1.54) is 6.42 Å². The number of nitrogens with zero attached hydrogens (tertiary/aromatic N) is 3. The molecular formula is C14H26N4O. The van der Waals surface area contributed by atoms with Crippen molar-refractivity contribution in [3.63, 3.8) is 0 Å². The molecule has 19 heavy (non-hydrogen) atoms. The predicted molar refractivity (Wildman–Crippen MR) is 74.6 cm³/mol. The number of hydrogen-bond donors (Lipinski definition) is 2. The van der Waals surface area contributed by atoms with Crippen molar-refractivity contribution >= 4 is 0 Å². The SMILES string of the molecule is CCCn1ncnc1CNCC1(O)CCCC(C)C1. The molecule has 0 aromatic carbocycles. The molecule has 0 spiro atoms. The first kappa shape index (κ1) is 14.5. The van der Waals surface area contributed by atoms with Crippen LogP contribution in [0.4, 0.5) is 0 Å². The molecule has 2 unspecified atom stereocenters. The summed E-state index contributed by atoms with van der Waals surface area (Å²) in [6.07, 6.45) is 6.84. The lowest BCUT2D eigenvalue weighted by Gasteiger charge is -2.35. The van der Waals surface area contributed by atoms with Gasteiger partial charge in [-0.05, 0) is 25.2 Å². The van der Waals surface area contributed by atoms with Gasteiger partial charge in [-0.3, -0.25) is 0 Å². The Bertz CT molecular complexity index is 393. The third-order valence-corrected chi connectivity index (χ3v) is 3.94. The maximum atomic E-state index is 10.5.